The molecule has 2 aromatic heterocycles. The molecule has 1 amide bonds. The molecule has 1 aromatic carbocycles. The third kappa shape index (κ3) is 3.63. The number of fused-ring (bicyclic) bond motifs is 1. The van der Waals surface area contributed by atoms with Gasteiger partial charge in [0.05, 0.1) is 11.8 Å². The van der Waals surface area contributed by atoms with Gasteiger partial charge < -0.3 is 15.0 Å². The van der Waals surface area contributed by atoms with Crippen LogP contribution in [-0.2, 0) is 0 Å². The first-order chi connectivity index (χ1) is 12.3. The van der Waals surface area contributed by atoms with E-state index < -0.39 is 11.6 Å². The summed E-state index contributed by atoms with van der Waals surface area (Å²) in [5.74, 6) is -1.78. The lowest BCUT2D eigenvalue weighted by atomic mass is 10.1. The molecule has 2 heterocycles. The molecule has 0 bridgehead atoms. The van der Waals surface area contributed by atoms with Crippen molar-refractivity contribution >= 4 is 17.1 Å². The minimum absolute atomic E-state index is 0.00596. The molecule has 3 aromatic rings. The number of nitrogens with one attached hydrogen (secondary N) is 2. The van der Waals surface area contributed by atoms with Gasteiger partial charge in [-0.3, -0.25) is 4.79 Å². The summed E-state index contributed by atoms with van der Waals surface area (Å²) in [6.45, 7) is 5.92. The molecule has 136 valence electrons. The van der Waals surface area contributed by atoms with Crippen molar-refractivity contribution in [2.75, 3.05) is 0 Å². The zero-order valence-corrected chi connectivity index (χ0v) is 14.5. The second-order valence-electron chi connectivity index (χ2n) is 6.29. The molecule has 0 aliphatic carbocycles. The van der Waals surface area contributed by atoms with Crippen molar-refractivity contribution in [3.8, 4) is 11.6 Å². The van der Waals surface area contributed by atoms with Crippen molar-refractivity contribution in [1.82, 2.24) is 20.3 Å². The second-order valence-corrected chi connectivity index (χ2v) is 6.29. The van der Waals surface area contributed by atoms with Crippen LogP contribution in [-0.4, -0.2) is 26.9 Å². The van der Waals surface area contributed by atoms with Crippen LogP contribution in [0.5, 0.6) is 11.6 Å². The molecule has 26 heavy (non-hydrogen) atoms. The molecule has 0 spiro atoms. The molecule has 2 N–H and O–H groups in total. The molecular formula is C18H18F2N4O2. The van der Waals surface area contributed by atoms with Crippen molar-refractivity contribution in [3.05, 3.63) is 47.8 Å². The normalized spacial score (nSPS) is 12.4. The smallest absolute Gasteiger partial charge is 0.255 e. The number of carbonyl (C=O) groups is 1. The first-order valence-corrected chi connectivity index (χ1v) is 8.13. The summed E-state index contributed by atoms with van der Waals surface area (Å²) in [5.41, 5.74) is 1.02. The van der Waals surface area contributed by atoms with Crippen molar-refractivity contribution in [2.24, 2.45) is 5.92 Å². The van der Waals surface area contributed by atoms with Gasteiger partial charge in [-0.25, -0.2) is 18.7 Å². The van der Waals surface area contributed by atoms with E-state index >= 15 is 0 Å². The van der Waals surface area contributed by atoms with E-state index in [2.05, 4.69) is 20.3 Å². The minimum atomic E-state index is -0.857. The van der Waals surface area contributed by atoms with Gasteiger partial charge in [-0.15, -0.1) is 0 Å². The maximum absolute atomic E-state index is 13.7. The van der Waals surface area contributed by atoms with E-state index in [0.29, 0.717) is 22.8 Å². The van der Waals surface area contributed by atoms with Crippen LogP contribution in [0.2, 0.25) is 0 Å². The van der Waals surface area contributed by atoms with Gasteiger partial charge in [-0.1, -0.05) is 13.8 Å². The van der Waals surface area contributed by atoms with E-state index in [-0.39, 0.29) is 29.5 Å². The quantitative estimate of drug-likeness (QED) is 0.725. The van der Waals surface area contributed by atoms with E-state index in [9.17, 15) is 13.6 Å². The van der Waals surface area contributed by atoms with Gasteiger partial charge in [0.1, 0.15) is 11.3 Å². The zero-order chi connectivity index (χ0) is 18.8. The molecule has 0 radical (unpaired) electrons. The van der Waals surface area contributed by atoms with Crippen molar-refractivity contribution in [1.29, 1.82) is 0 Å². The maximum atomic E-state index is 13.7. The monoisotopic (exact) mass is 360 g/mol. The number of ether oxygens (including phenoxy) is 1. The highest BCUT2D eigenvalue weighted by molar-refractivity contribution is 6.04. The molecule has 0 saturated heterocycles. The van der Waals surface area contributed by atoms with Crippen molar-refractivity contribution in [3.63, 3.8) is 0 Å². The Hall–Kier alpha value is -3.03. The Morgan fingerprint density at radius 3 is 2.73 bits per heavy atom. The van der Waals surface area contributed by atoms with Crippen LogP contribution in [0.4, 0.5) is 8.78 Å². The molecule has 0 fully saturated rings. The largest absolute Gasteiger partial charge is 0.434 e. The van der Waals surface area contributed by atoms with Crippen molar-refractivity contribution < 1.29 is 18.3 Å². The highest BCUT2D eigenvalue weighted by Gasteiger charge is 2.18. The lowest BCUT2D eigenvalue weighted by molar-refractivity contribution is 0.0932. The van der Waals surface area contributed by atoms with Gasteiger partial charge in [0.15, 0.2) is 17.2 Å². The van der Waals surface area contributed by atoms with E-state index in [4.69, 9.17) is 4.74 Å². The summed E-state index contributed by atoms with van der Waals surface area (Å²) in [5, 5.41) is 2.89. The average Bonchev–Trinajstić information content (AvgIpc) is 3.00. The third-order valence-electron chi connectivity index (χ3n) is 4.07. The zero-order valence-electron chi connectivity index (χ0n) is 14.5. The lowest BCUT2D eigenvalue weighted by Crippen LogP contribution is -2.36. The Bertz CT molecular complexity index is 956. The topological polar surface area (TPSA) is 79.9 Å². The number of amides is 1. The molecule has 0 aliphatic rings. The van der Waals surface area contributed by atoms with Gasteiger partial charge in [0.2, 0.25) is 5.88 Å². The molecule has 3 rings (SSSR count). The average molecular weight is 360 g/mol. The Kier molecular flexibility index (Phi) is 4.83. The van der Waals surface area contributed by atoms with Crippen LogP contribution in [0.15, 0.2) is 30.6 Å². The molecular weight excluding hydrogens is 342 g/mol. The van der Waals surface area contributed by atoms with Crippen LogP contribution < -0.4 is 10.1 Å². The number of aromatic amines is 1. The predicted octanol–water partition coefficient (Wildman–Crippen LogP) is 3.80. The first kappa shape index (κ1) is 17.8. The summed E-state index contributed by atoms with van der Waals surface area (Å²) < 4.78 is 32.1. The number of aromatic nitrogens is 3. The van der Waals surface area contributed by atoms with E-state index in [1.807, 2.05) is 20.8 Å². The Morgan fingerprint density at radius 1 is 1.27 bits per heavy atom. The number of benzene rings is 1. The Balaban J connectivity index is 1.89. The van der Waals surface area contributed by atoms with Crippen LogP contribution in [0.1, 0.15) is 31.1 Å². The van der Waals surface area contributed by atoms with Crippen LogP contribution in [0.3, 0.4) is 0 Å². The fraction of sp³-hybridized carbons (Fsp3) is 0.278. The summed E-state index contributed by atoms with van der Waals surface area (Å²) in [6, 6.07) is 2.93. The number of nitrogens with zero attached hydrogens (tertiary/aromatic N) is 2. The number of halogens is 2. The maximum Gasteiger partial charge on any atom is 0.255 e. The van der Waals surface area contributed by atoms with Gasteiger partial charge in [0.25, 0.3) is 5.91 Å². The number of hydrogen-bond donors (Lipinski definition) is 2. The Labute approximate surface area is 148 Å². The van der Waals surface area contributed by atoms with Gasteiger partial charge >= 0.3 is 0 Å². The highest BCUT2D eigenvalue weighted by atomic mass is 19.1. The van der Waals surface area contributed by atoms with Crippen LogP contribution in [0.25, 0.3) is 11.2 Å². The van der Waals surface area contributed by atoms with Gasteiger partial charge in [0, 0.05) is 18.3 Å². The SMILES string of the molecule is CC(C)C(C)NC(=O)c1c[nH]c2ncc(Oc3ccc(F)cc3F)nc12. The number of H-pyrrole nitrogens is 1. The van der Waals surface area contributed by atoms with Gasteiger partial charge in [-0.05, 0) is 25.0 Å². The van der Waals surface area contributed by atoms with Crippen molar-refractivity contribution in [2.45, 2.75) is 26.8 Å². The fourth-order valence-corrected chi connectivity index (χ4v) is 2.22. The first-order valence-electron chi connectivity index (χ1n) is 8.13. The molecule has 1 atom stereocenters. The number of rotatable bonds is 5. The second kappa shape index (κ2) is 7.07. The standard InChI is InChI=1S/C18H18F2N4O2/c1-9(2)10(3)23-18(25)12-7-21-17-16(12)24-15(8-22-17)26-14-5-4-11(19)6-13(14)20/h4-10H,1-3H3,(H,21,22)(H,23,25). The van der Waals surface area contributed by atoms with E-state index in [1.165, 1.54) is 12.4 Å². The molecule has 8 heteroatoms. The van der Waals surface area contributed by atoms with E-state index in [1.54, 1.807) is 0 Å². The lowest BCUT2D eigenvalue weighted by Gasteiger charge is -2.16. The predicted molar refractivity (Wildman–Crippen MR) is 92.1 cm³/mol. The van der Waals surface area contributed by atoms with E-state index in [0.717, 1.165) is 12.1 Å². The molecule has 0 aliphatic heterocycles. The van der Waals surface area contributed by atoms with Crippen LogP contribution in [0, 0.1) is 17.6 Å². The third-order valence-corrected chi connectivity index (χ3v) is 4.07. The summed E-state index contributed by atoms with van der Waals surface area (Å²) in [6.07, 6.45) is 2.80. The Morgan fingerprint density at radius 2 is 2.04 bits per heavy atom. The summed E-state index contributed by atoms with van der Waals surface area (Å²) in [4.78, 5) is 23.7. The molecule has 6 nitrogen and oxygen atoms in total. The highest BCUT2D eigenvalue weighted by Crippen LogP contribution is 2.25. The molecule has 1 unspecified atom stereocenters. The van der Waals surface area contributed by atoms with Crippen LogP contribution >= 0.6 is 0 Å². The fourth-order valence-electron chi connectivity index (χ4n) is 2.22. The summed E-state index contributed by atoms with van der Waals surface area (Å²) in [7, 11) is 0. The molecule has 0 saturated carbocycles. The minimum Gasteiger partial charge on any atom is -0.434 e. The number of hydrogen-bond acceptors (Lipinski definition) is 4. The summed E-state index contributed by atoms with van der Waals surface area (Å²) >= 11 is 0. The van der Waals surface area contributed by atoms with Gasteiger partial charge in [-0.2, -0.15) is 0 Å². The number of carbonyl (C=O) groups excluding carboxylic acids is 1.